The van der Waals surface area contributed by atoms with Gasteiger partial charge in [0.05, 0.1) is 6.61 Å². The van der Waals surface area contributed by atoms with Gasteiger partial charge in [0.2, 0.25) is 0 Å². The quantitative estimate of drug-likeness (QED) is 0.778. The second-order valence-corrected chi connectivity index (χ2v) is 5.44. The number of amides is 1. The van der Waals surface area contributed by atoms with E-state index in [-0.39, 0.29) is 5.91 Å². The van der Waals surface area contributed by atoms with Crippen LogP contribution in [0.4, 0.5) is 0 Å². The third-order valence-electron chi connectivity index (χ3n) is 2.34. The van der Waals surface area contributed by atoms with Crippen molar-refractivity contribution in [2.75, 3.05) is 13.2 Å². The largest absolute Gasteiger partial charge is 0.277 e. The van der Waals surface area contributed by atoms with Crippen molar-refractivity contribution >= 4 is 37.8 Å². The van der Waals surface area contributed by atoms with E-state index in [0.717, 1.165) is 21.8 Å². The van der Waals surface area contributed by atoms with Gasteiger partial charge in [-0.2, -0.15) is 0 Å². The van der Waals surface area contributed by atoms with E-state index in [4.69, 9.17) is 4.84 Å². The van der Waals surface area contributed by atoms with Gasteiger partial charge in [-0.05, 0) is 31.0 Å². The molecule has 1 amide bonds. The smallest absolute Gasteiger partial charge is 0.271 e. The molecule has 0 bridgehead atoms. The molecule has 16 heavy (non-hydrogen) atoms. The highest BCUT2D eigenvalue weighted by atomic mass is 79.9. The topological polar surface area (TPSA) is 29.5 Å². The summed E-state index contributed by atoms with van der Waals surface area (Å²) in [4.78, 5) is 17.4. The summed E-state index contributed by atoms with van der Waals surface area (Å²) in [7, 11) is 0. The van der Waals surface area contributed by atoms with Crippen LogP contribution in [0.1, 0.15) is 23.2 Å². The fourth-order valence-electron chi connectivity index (χ4n) is 1.58. The van der Waals surface area contributed by atoms with Gasteiger partial charge in [-0.1, -0.05) is 31.9 Å². The number of halogens is 2. The highest BCUT2D eigenvalue weighted by Gasteiger charge is 2.19. The lowest BCUT2D eigenvalue weighted by Crippen LogP contribution is -2.35. The maximum absolute atomic E-state index is 12.1. The molecule has 0 N–H and O–H groups in total. The SMILES string of the molecule is O=C(c1cc(Br)cc(Br)c1)N1CCCCO1. The van der Waals surface area contributed by atoms with E-state index in [9.17, 15) is 4.79 Å². The normalized spacial score (nSPS) is 16.2. The summed E-state index contributed by atoms with van der Waals surface area (Å²) in [5.41, 5.74) is 0.628. The van der Waals surface area contributed by atoms with Gasteiger partial charge in [-0.25, -0.2) is 5.06 Å². The van der Waals surface area contributed by atoms with E-state index in [1.807, 2.05) is 6.07 Å². The average Bonchev–Trinajstić information content (AvgIpc) is 2.28. The molecule has 1 aromatic rings. The van der Waals surface area contributed by atoms with Crippen LogP contribution < -0.4 is 0 Å². The zero-order chi connectivity index (χ0) is 11.5. The van der Waals surface area contributed by atoms with Crippen molar-refractivity contribution in [3.8, 4) is 0 Å². The summed E-state index contributed by atoms with van der Waals surface area (Å²) in [6.45, 7) is 1.30. The lowest BCUT2D eigenvalue weighted by atomic mass is 10.2. The molecule has 1 saturated heterocycles. The van der Waals surface area contributed by atoms with Crippen molar-refractivity contribution in [1.82, 2.24) is 5.06 Å². The van der Waals surface area contributed by atoms with E-state index in [1.165, 1.54) is 5.06 Å². The van der Waals surface area contributed by atoms with E-state index < -0.39 is 0 Å². The van der Waals surface area contributed by atoms with Crippen LogP contribution in [0.2, 0.25) is 0 Å². The maximum Gasteiger partial charge on any atom is 0.277 e. The van der Waals surface area contributed by atoms with Gasteiger partial charge in [0.1, 0.15) is 0 Å². The summed E-state index contributed by atoms with van der Waals surface area (Å²) in [6.07, 6.45) is 2.02. The Balaban J connectivity index is 2.19. The zero-order valence-electron chi connectivity index (χ0n) is 8.58. The zero-order valence-corrected chi connectivity index (χ0v) is 11.8. The maximum atomic E-state index is 12.1. The Morgan fingerprint density at radius 3 is 2.44 bits per heavy atom. The minimum absolute atomic E-state index is 0.0818. The molecule has 5 heteroatoms. The molecule has 0 spiro atoms. The average molecular weight is 349 g/mol. The van der Waals surface area contributed by atoms with E-state index in [2.05, 4.69) is 31.9 Å². The molecule has 1 aliphatic heterocycles. The van der Waals surface area contributed by atoms with Crippen LogP contribution in [0.25, 0.3) is 0 Å². The van der Waals surface area contributed by atoms with Gasteiger partial charge < -0.3 is 0 Å². The summed E-state index contributed by atoms with van der Waals surface area (Å²) in [5.74, 6) is -0.0818. The molecule has 1 aliphatic rings. The Labute approximate surface area is 111 Å². The van der Waals surface area contributed by atoms with Crippen LogP contribution in [-0.4, -0.2) is 24.1 Å². The van der Waals surface area contributed by atoms with E-state index in [0.29, 0.717) is 18.7 Å². The van der Waals surface area contributed by atoms with Crippen molar-refractivity contribution in [3.63, 3.8) is 0 Å². The van der Waals surface area contributed by atoms with Crippen LogP contribution in [0.5, 0.6) is 0 Å². The number of hydrogen-bond donors (Lipinski definition) is 0. The molecule has 0 saturated carbocycles. The summed E-state index contributed by atoms with van der Waals surface area (Å²) >= 11 is 6.73. The molecule has 1 aromatic carbocycles. The number of hydroxylamine groups is 2. The van der Waals surface area contributed by atoms with Crippen LogP contribution >= 0.6 is 31.9 Å². The Bertz CT molecular complexity index is 383. The van der Waals surface area contributed by atoms with Crippen LogP contribution in [0.3, 0.4) is 0 Å². The van der Waals surface area contributed by atoms with Gasteiger partial charge >= 0.3 is 0 Å². The standard InChI is InChI=1S/C11H11Br2NO2/c12-9-5-8(6-10(13)7-9)11(15)14-3-1-2-4-16-14/h5-7H,1-4H2. The Morgan fingerprint density at radius 2 is 1.88 bits per heavy atom. The Hall–Kier alpha value is -0.390. The number of benzene rings is 1. The first-order valence-electron chi connectivity index (χ1n) is 5.08. The van der Waals surface area contributed by atoms with Gasteiger partial charge in [-0.15, -0.1) is 0 Å². The van der Waals surface area contributed by atoms with Crippen LogP contribution in [-0.2, 0) is 4.84 Å². The monoisotopic (exact) mass is 347 g/mol. The predicted molar refractivity (Wildman–Crippen MR) is 68.1 cm³/mol. The lowest BCUT2D eigenvalue weighted by molar-refractivity contribution is -0.144. The van der Waals surface area contributed by atoms with Gasteiger partial charge in [0.15, 0.2) is 0 Å². The Kier molecular flexibility index (Phi) is 4.00. The van der Waals surface area contributed by atoms with Crippen molar-refractivity contribution in [2.24, 2.45) is 0 Å². The molecule has 0 radical (unpaired) electrons. The highest BCUT2D eigenvalue weighted by Crippen LogP contribution is 2.22. The molecule has 0 aromatic heterocycles. The van der Waals surface area contributed by atoms with Gasteiger partial charge in [0, 0.05) is 21.1 Å². The minimum Gasteiger partial charge on any atom is -0.271 e. The molecule has 86 valence electrons. The third kappa shape index (κ3) is 2.84. The van der Waals surface area contributed by atoms with Crippen LogP contribution in [0, 0.1) is 0 Å². The van der Waals surface area contributed by atoms with Gasteiger partial charge in [-0.3, -0.25) is 9.63 Å². The molecular weight excluding hydrogens is 338 g/mol. The number of carbonyl (C=O) groups is 1. The van der Waals surface area contributed by atoms with Crippen molar-refractivity contribution in [2.45, 2.75) is 12.8 Å². The predicted octanol–water partition coefficient (Wildman–Crippen LogP) is 3.38. The number of nitrogens with zero attached hydrogens (tertiary/aromatic N) is 1. The molecular formula is C11H11Br2NO2. The first kappa shape index (κ1) is 12.1. The number of carbonyl (C=O) groups excluding carboxylic acids is 1. The summed E-state index contributed by atoms with van der Waals surface area (Å²) < 4.78 is 1.75. The first-order valence-corrected chi connectivity index (χ1v) is 6.66. The lowest BCUT2D eigenvalue weighted by Gasteiger charge is -2.25. The third-order valence-corrected chi connectivity index (χ3v) is 3.25. The van der Waals surface area contributed by atoms with E-state index in [1.54, 1.807) is 12.1 Å². The Morgan fingerprint density at radius 1 is 1.19 bits per heavy atom. The van der Waals surface area contributed by atoms with Gasteiger partial charge in [0.25, 0.3) is 5.91 Å². The molecule has 3 nitrogen and oxygen atoms in total. The van der Waals surface area contributed by atoms with Crippen molar-refractivity contribution in [1.29, 1.82) is 0 Å². The summed E-state index contributed by atoms with van der Waals surface area (Å²) in [6, 6.07) is 5.49. The second-order valence-electron chi connectivity index (χ2n) is 3.61. The van der Waals surface area contributed by atoms with Crippen molar-refractivity contribution in [3.05, 3.63) is 32.7 Å². The second kappa shape index (κ2) is 5.29. The fourth-order valence-corrected chi connectivity index (χ4v) is 2.87. The van der Waals surface area contributed by atoms with Crippen LogP contribution in [0.15, 0.2) is 27.1 Å². The molecule has 1 fully saturated rings. The number of hydrogen-bond acceptors (Lipinski definition) is 2. The fraction of sp³-hybridized carbons (Fsp3) is 0.364. The van der Waals surface area contributed by atoms with E-state index >= 15 is 0 Å². The van der Waals surface area contributed by atoms with Crippen molar-refractivity contribution < 1.29 is 9.63 Å². The molecule has 0 aliphatic carbocycles. The summed E-state index contributed by atoms with van der Waals surface area (Å²) in [5, 5.41) is 1.44. The highest BCUT2D eigenvalue weighted by molar-refractivity contribution is 9.11. The molecule has 0 atom stereocenters. The molecule has 0 unspecified atom stereocenters. The number of rotatable bonds is 1. The molecule has 1 heterocycles. The minimum atomic E-state index is -0.0818. The molecule has 2 rings (SSSR count). The first-order chi connectivity index (χ1) is 7.66.